The monoisotopic (exact) mass is 546 g/mol. The first kappa shape index (κ1) is 28.7. The number of carbonyl (C=O) groups excluding carboxylic acids is 1. The minimum Gasteiger partial charge on any atom is -0.487 e. The number of amides is 1. The Labute approximate surface area is 232 Å². The van der Waals surface area contributed by atoms with E-state index in [-0.39, 0.29) is 12.1 Å². The molecule has 0 saturated carbocycles. The average Bonchev–Trinajstić information content (AvgIpc) is 2.99. The van der Waals surface area contributed by atoms with Crippen LogP contribution in [-0.2, 0) is 23.7 Å². The Bertz CT molecular complexity index is 1350. The number of nitrogens with one attached hydrogen (secondary N) is 2. The highest BCUT2D eigenvalue weighted by Crippen LogP contribution is 2.30. The molecule has 0 heterocycles. The van der Waals surface area contributed by atoms with E-state index >= 15 is 0 Å². The number of hydrogen-bond donors (Lipinski definition) is 3. The predicted molar refractivity (Wildman–Crippen MR) is 151 cm³/mol. The zero-order chi connectivity index (χ0) is 28.2. The maximum absolute atomic E-state index is 14.4. The van der Waals surface area contributed by atoms with Crippen molar-refractivity contribution in [3.8, 4) is 11.5 Å². The van der Waals surface area contributed by atoms with Gasteiger partial charge in [-0.2, -0.15) is 8.78 Å². The van der Waals surface area contributed by atoms with E-state index in [0.717, 1.165) is 11.1 Å². The maximum Gasteiger partial charge on any atom is 0.306 e. The van der Waals surface area contributed by atoms with Crippen LogP contribution in [0, 0.1) is 0 Å². The maximum atomic E-state index is 14.4. The van der Waals surface area contributed by atoms with Crippen LogP contribution in [0.2, 0.25) is 0 Å². The van der Waals surface area contributed by atoms with Gasteiger partial charge in [-0.25, -0.2) is 0 Å². The van der Waals surface area contributed by atoms with Gasteiger partial charge in [0, 0.05) is 12.1 Å². The lowest BCUT2D eigenvalue weighted by Gasteiger charge is -2.18. The summed E-state index contributed by atoms with van der Waals surface area (Å²) in [7, 11) is 0. The van der Waals surface area contributed by atoms with Gasteiger partial charge >= 0.3 is 5.92 Å². The number of halogens is 2. The van der Waals surface area contributed by atoms with Crippen molar-refractivity contribution in [3.05, 3.63) is 125 Å². The molecule has 4 aromatic rings. The fourth-order valence-electron chi connectivity index (χ4n) is 4.11. The standard InChI is InChI=1S/C32H32F2N2O4/c33-32(34,27-11-5-2-6-12-27)22-40-28-13-7-10-24(18-28)16-17-35-20-30(38)26-14-15-31(29(19-26)36-23-37)39-21-25-8-3-1-4-9-25/h1-15,18-19,23,30,35,38H,16-17,20-22H2,(H,36,37)/t30-/m0/s1. The number of aliphatic hydroxyl groups is 1. The highest BCUT2D eigenvalue weighted by Gasteiger charge is 2.32. The van der Waals surface area contributed by atoms with Crippen LogP contribution in [0.15, 0.2) is 103 Å². The van der Waals surface area contributed by atoms with Gasteiger partial charge in [-0.3, -0.25) is 4.79 Å². The summed E-state index contributed by atoms with van der Waals surface area (Å²) in [6, 6.07) is 29.5. The van der Waals surface area contributed by atoms with Crippen molar-refractivity contribution in [1.82, 2.24) is 5.32 Å². The summed E-state index contributed by atoms with van der Waals surface area (Å²) >= 11 is 0. The topological polar surface area (TPSA) is 79.8 Å². The van der Waals surface area contributed by atoms with Gasteiger partial charge in [0.05, 0.1) is 11.8 Å². The summed E-state index contributed by atoms with van der Waals surface area (Å²) in [4.78, 5) is 11.1. The number of benzene rings is 4. The zero-order valence-electron chi connectivity index (χ0n) is 21.9. The van der Waals surface area contributed by atoms with E-state index in [9.17, 15) is 18.7 Å². The van der Waals surface area contributed by atoms with E-state index in [1.54, 1.807) is 54.6 Å². The van der Waals surface area contributed by atoms with Crippen molar-refractivity contribution in [2.45, 2.75) is 25.1 Å². The Hall–Kier alpha value is -4.27. The third-order valence-electron chi connectivity index (χ3n) is 6.28. The van der Waals surface area contributed by atoms with E-state index in [4.69, 9.17) is 9.47 Å². The number of alkyl halides is 2. The molecule has 0 aliphatic rings. The van der Waals surface area contributed by atoms with Crippen molar-refractivity contribution >= 4 is 12.1 Å². The third-order valence-corrected chi connectivity index (χ3v) is 6.28. The Balaban J connectivity index is 1.25. The van der Waals surface area contributed by atoms with Crippen LogP contribution >= 0.6 is 0 Å². The lowest BCUT2D eigenvalue weighted by Crippen LogP contribution is -2.24. The van der Waals surface area contributed by atoms with Crippen molar-refractivity contribution in [1.29, 1.82) is 0 Å². The van der Waals surface area contributed by atoms with E-state index in [1.165, 1.54) is 12.1 Å². The van der Waals surface area contributed by atoms with Crippen LogP contribution in [-0.4, -0.2) is 31.2 Å². The molecule has 6 nitrogen and oxygen atoms in total. The molecule has 3 N–H and O–H groups in total. The third kappa shape index (κ3) is 8.36. The fraction of sp³-hybridized carbons (Fsp3) is 0.219. The molecule has 0 bridgehead atoms. The molecule has 0 fully saturated rings. The van der Waals surface area contributed by atoms with E-state index in [0.29, 0.717) is 48.7 Å². The highest BCUT2D eigenvalue weighted by atomic mass is 19.3. The number of ether oxygens (including phenoxy) is 2. The second-order valence-electron chi connectivity index (χ2n) is 9.27. The van der Waals surface area contributed by atoms with E-state index in [2.05, 4.69) is 10.6 Å². The second kappa shape index (κ2) is 14.2. The highest BCUT2D eigenvalue weighted by molar-refractivity contribution is 5.76. The number of aliphatic hydroxyl groups excluding tert-OH is 1. The molecule has 40 heavy (non-hydrogen) atoms. The molecule has 0 aliphatic heterocycles. The van der Waals surface area contributed by atoms with Gasteiger partial charge < -0.3 is 25.2 Å². The van der Waals surface area contributed by atoms with Gasteiger partial charge in [-0.1, -0.05) is 78.9 Å². The Morgan fingerprint density at radius 3 is 2.33 bits per heavy atom. The zero-order valence-corrected chi connectivity index (χ0v) is 21.9. The molecule has 0 aromatic heterocycles. The summed E-state index contributed by atoms with van der Waals surface area (Å²) in [5.41, 5.74) is 2.92. The minimum atomic E-state index is -3.09. The lowest BCUT2D eigenvalue weighted by molar-refractivity contribution is -0.105. The first-order valence-electron chi connectivity index (χ1n) is 13.0. The quantitative estimate of drug-likeness (QED) is 0.128. The summed E-state index contributed by atoms with van der Waals surface area (Å²) in [5, 5.41) is 16.5. The molecular formula is C32H32F2N2O4. The summed E-state index contributed by atoms with van der Waals surface area (Å²) in [6.45, 7) is 0.435. The van der Waals surface area contributed by atoms with Crippen LogP contribution < -0.4 is 20.1 Å². The average molecular weight is 547 g/mol. The van der Waals surface area contributed by atoms with Gasteiger partial charge in [0.2, 0.25) is 6.41 Å². The van der Waals surface area contributed by atoms with Crippen LogP contribution in [0.5, 0.6) is 11.5 Å². The Kier molecular flexibility index (Phi) is 10.2. The summed E-state index contributed by atoms with van der Waals surface area (Å²) < 4.78 is 40.1. The van der Waals surface area contributed by atoms with Gasteiger partial charge in [-0.15, -0.1) is 0 Å². The minimum absolute atomic E-state index is 0.0858. The molecule has 4 rings (SSSR count). The lowest BCUT2D eigenvalue weighted by atomic mass is 10.1. The number of rotatable bonds is 15. The summed E-state index contributed by atoms with van der Waals surface area (Å²) in [5.74, 6) is -2.22. The van der Waals surface area contributed by atoms with Crippen molar-refractivity contribution in [2.24, 2.45) is 0 Å². The van der Waals surface area contributed by atoms with Crippen LogP contribution in [0.25, 0.3) is 0 Å². The van der Waals surface area contributed by atoms with Crippen molar-refractivity contribution in [2.75, 3.05) is 25.0 Å². The van der Waals surface area contributed by atoms with E-state index < -0.39 is 18.6 Å². The fourth-order valence-corrected chi connectivity index (χ4v) is 4.11. The number of hydrogen-bond acceptors (Lipinski definition) is 5. The van der Waals surface area contributed by atoms with Crippen LogP contribution in [0.3, 0.4) is 0 Å². The molecule has 1 atom stereocenters. The molecule has 0 aliphatic carbocycles. The molecule has 8 heteroatoms. The molecular weight excluding hydrogens is 514 g/mol. The van der Waals surface area contributed by atoms with Gasteiger partial charge in [0.1, 0.15) is 18.1 Å². The Morgan fingerprint density at radius 1 is 0.850 bits per heavy atom. The summed E-state index contributed by atoms with van der Waals surface area (Å²) in [6.07, 6.45) is 0.369. The normalized spacial score (nSPS) is 12.0. The van der Waals surface area contributed by atoms with Crippen LogP contribution in [0.4, 0.5) is 14.5 Å². The van der Waals surface area contributed by atoms with Gasteiger partial charge in [-0.05, 0) is 53.9 Å². The number of carbonyl (C=O) groups is 1. The SMILES string of the molecule is O=CNc1cc([C@@H](O)CNCCc2cccc(OCC(F)(F)c3ccccc3)c2)ccc1OCc1ccccc1. The molecule has 208 valence electrons. The van der Waals surface area contributed by atoms with E-state index in [1.807, 2.05) is 36.4 Å². The Morgan fingerprint density at radius 2 is 1.57 bits per heavy atom. The smallest absolute Gasteiger partial charge is 0.306 e. The number of anilines is 1. The van der Waals surface area contributed by atoms with Crippen molar-refractivity contribution in [3.63, 3.8) is 0 Å². The largest absolute Gasteiger partial charge is 0.487 e. The molecule has 1 amide bonds. The van der Waals surface area contributed by atoms with Crippen molar-refractivity contribution < 1.29 is 28.2 Å². The van der Waals surface area contributed by atoms with Gasteiger partial charge in [0.15, 0.2) is 6.61 Å². The molecule has 4 aromatic carbocycles. The first-order valence-corrected chi connectivity index (χ1v) is 13.0. The second-order valence-corrected chi connectivity index (χ2v) is 9.27. The molecule has 0 saturated heterocycles. The molecule has 0 radical (unpaired) electrons. The molecule has 0 unspecified atom stereocenters. The van der Waals surface area contributed by atoms with Crippen LogP contribution in [0.1, 0.15) is 28.4 Å². The van der Waals surface area contributed by atoms with Gasteiger partial charge in [0.25, 0.3) is 0 Å². The molecule has 0 spiro atoms. The predicted octanol–water partition coefficient (Wildman–Crippen LogP) is 5.87. The first-order chi connectivity index (χ1) is 19.4.